The van der Waals surface area contributed by atoms with Gasteiger partial charge in [0.25, 0.3) is 0 Å². The topological polar surface area (TPSA) is 93.1 Å². The number of phosphoric acid groups is 1. The van der Waals surface area contributed by atoms with Crippen LogP contribution in [0.4, 0.5) is 0 Å². The molecular formula is C14H29O6P. The van der Waals surface area contributed by atoms with Crippen LogP contribution in [0.3, 0.4) is 0 Å². The molecule has 0 fully saturated rings. The minimum atomic E-state index is -4.17. The summed E-state index contributed by atoms with van der Waals surface area (Å²) in [6.07, 6.45) is 7.26. The van der Waals surface area contributed by atoms with Crippen molar-refractivity contribution >= 4 is 13.8 Å². The van der Waals surface area contributed by atoms with Gasteiger partial charge in [-0.05, 0) is 20.3 Å². The standard InChI is InChI=1S/C12H22O2.C2H7O4P/c1-4-5-6-7-8-9-10-14-12(13)11(2)3;1-2-6-7(3,4)5/h2,4-10H2,1,3H3;2H2,1H3,(H2,3,4,5). The lowest BCUT2D eigenvalue weighted by molar-refractivity contribution is -0.139. The van der Waals surface area contributed by atoms with Gasteiger partial charge in [-0.15, -0.1) is 0 Å². The summed E-state index contributed by atoms with van der Waals surface area (Å²) in [5.74, 6) is -0.265. The molecule has 0 aromatic heterocycles. The average molecular weight is 324 g/mol. The van der Waals surface area contributed by atoms with Gasteiger partial charge < -0.3 is 14.5 Å². The van der Waals surface area contributed by atoms with Crippen LogP contribution >= 0.6 is 7.82 Å². The van der Waals surface area contributed by atoms with E-state index in [4.69, 9.17) is 14.5 Å². The molecule has 0 aliphatic carbocycles. The van der Waals surface area contributed by atoms with Crippen LogP contribution < -0.4 is 0 Å². The zero-order valence-corrected chi connectivity index (χ0v) is 14.2. The third-order valence-corrected chi connectivity index (χ3v) is 2.97. The summed E-state index contributed by atoms with van der Waals surface area (Å²) in [5, 5.41) is 0. The van der Waals surface area contributed by atoms with Gasteiger partial charge in [0.15, 0.2) is 0 Å². The van der Waals surface area contributed by atoms with Crippen molar-refractivity contribution in [2.75, 3.05) is 13.2 Å². The first-order valence-electron chi connectivity index (χ1n) is 7.27. The van der Waals surface area contributed by atoms with Crippen LogP contribution in [-0.2, 0) is 18.6 Å². The number of unbranched alkanes of at least 4 members (excludes halogenated alkanes) is 5. The van der Waals surface area contributed by atoms with E-state index >= 15 is 0 Å². The molecule has 0 aromatic carbocycles. The third-order valence-electron chi connectivity index (χ3n) is 2.38. The van der Waals surface area contributed by atoms with E-state index in [9.17, 15) is 9.36 Å². The zero-order valence-electron chi connectivity index (χ0n) is 13.3. The van der Waals surface area contributed by atoms with Gasteiger partial charge in [-0.2, -0.15) is 0 Å². The van der Waals surface area contributed by atoms with Crippen molar-refractivity contribution in [2.24, 2.45) is 0 Å². The van der Waals surface area contributed by atoms with Gasteiger partial charge in [-0.3, -0.25) is 4.52 Å². The Bertz CT molecular complexity index is 323. The molecule has 0 atom stereocenters. The molecule has 126 valence electrons. The van der Waals surface area contributed by atoms with Crippen molar-refractivity contribution in [3.63, 3.8) is 0 Å². The summed E-state index contributed by atoms with van der Waals surface area (Å²) >= 11 is 0. The van der Waals surface area contributed by atoms with E-state index in [2.05, 4.69) is 18.0 Å². The van der Waals surface area contributed by atoms with Crippen molar-refractivity contribution < 1.29 is 28.4 Å². The first kappa shape index (κ1) is 22.6. The van der Waals surface area contributed by atoms with Crippen LogP contribution in [0.25, 0.3) is 0 Å². The molecule has 7 heteroatoms. The molecule has 2 N–H and O–H groups in total. The Hall–Kier alpha value is -0.680. The molecule has 0 aliphatic heterocycles. The minimum Gasteiger partial charge on any atom is -0.462 e. The molecule has 0 saturated carbocycles. The van der Waals surface area contributed by atoms with Crippen LogP contribution in [0.1, 0.15) is 59.3 Å². The molecule has 0 amide bonds. The quantitative estimate of drug-likeness (QED) is 0.276. The number of hydrogen-bond donors (Lipinski definition) is 2. The predicted octanol–water partition coefficient (Wildman–Crippen LogP) is 3.58. The summed E-state index contributed by atoms with van der Waals surface area (Å²) in [6, 6.07) is 0. The largest absolute Gasteiger partial charge is 0.469 e. The molecule has 0 aliphatic rings. The van der Waals surface area contributed by atoms with Gasteiger partial charge in [0, 0.05) is 5.57 Å². The van der Waals surface area contributed by atoms with E-state index in [0.29, 0.717) is 12.2 Å². The highest BCUT2D eigenvalue weighted by molar-refractivity contribution is 7.46. The Morgan fingerprint density at radius 1 is 1.10 bits per heavy atom. The maximum absolute atomic E-state index is 11.0. The second-order valence-electron chi connectivity index (χ2n) is 4.59. The number of carbonyl (C=O) groups excluding carboxylic acids is 1. The van der Waals surface area contributed by atoms with Crippen LogP contribution in [-0.4, -0.2) is 29.0 Å². The van der Waals surface area contributed by atoms with Crippen molar-refractivity contribution in [2.45, 2.75) is 59.3 Å². The fraction of sp³-hybridized carbons (Fsp3) is 0.786. The van der Waals surface area contributed by atoms with Gasteiger partial charge in [0.05, 0.1) is 13.2 Å². The van der Waals surface area contributed by atoms with Gasteiger partial charge in [0.1, 0.15) is 0 Å². The molecule has 0 aromatic rings. The maximum atomic E-state index is 11.0. The van der Waals surface area contributed by atoms with Crippen molar-refractivity contribution in [1.29, 1.82) is 0 Å². The summed E-state index contributed by atoms with van der Waals surface area (Å²) in [7, 11) is -4.17. The molecule has 0 heterocycles. The van der Waals surface area contributed by atoms with E-state index in [0.717, 1.165) is 12.8 Å². The summed E-state index contributed by atoms with van der Waals surface area (Å²) in [5.41, 5.74) is 0.482. The van der Waals surface area contributed by atoms with Gasteiger partial charge >= 0.3 is 13.8 Å². The van der Waals surface area contributed by atoms with Crippen LogP contribution in [0, 0.1) is 0 Å². The lowest BCUT2D eigenvalue weighted by Gasteiger charge is -2.03. The van der Waals surface area contributed by atoms with E-state index in [-0.39, 0.29) is 12.6 Å². The predicted molar refractivity (Wildman–Crippen MR) is 82.8 cm³/mol. The van der Waals surface area contributed by atoms with E-state index in [1.807, 2.05) is 0 Å². The molecule has 0 radical (unpaired) electrons. The monoisotopic (exact) mass is 324 g/mol. The average Bonchev–Trinajstić information content (AvgIpc) is 2.36. The van der Waals surface area contributed by atoms with Crippen LogP contribution in [0.5, 0.6) is 0 Å². The molecule has 0 saturated heterocycles. The molecule has 0 unspecified atom stereocenters. The van der Waals surface area contributed by atoms with E-state index < -0.39 is 7.82 Å². The number of phosphoric ester groups is 1. The first-order chi connectivity index (χ1) is 9.74. The number of esters is 1. The minimum absolute atomic E-state index is 0.0459. The number of rotatable bonds is 10. The normalized spacial score (nSPS) is 10.5. The Balaban J connectivity index is 0. The fourth-order valence-corrected chi connectivity index (χ4v) is 1.67. The van der Waals surface area contributed by atoms with Crippen molar-refractivity contribution in [3.05, 3.63) is 12.2 Å². The Morgan fingerprint density at radius 3 is 2.00 bits per heavy atom. The second kappa shape index (κ2) is 14.3. The molecular weight excluding hydrogens is 295 g/mol. The summed E-state index contributed by atoms with van der Waals surface area (Å²) < 4.78 is 18.6. The molecule has 0 spiro atoms. The fourth-order valence-electron chi connectivity index (χ4n) is 1.34. The Kier molecular flexibility index (Phi) is 15.4. The van der Waals surface area contributed by atoms with E-state index in [1.54, 1.807) is 6.92 Å². The number of carbonyl (C=O) groups is 1. The lowest BCUT2D eigenvalue weighted by Crippen LogP contribution is -2.05. The van der Waals surface area contributed by atoms with Crippen molar-refractivity contribution in [3.8, 4) is 0 Å². The third kappa shape index (κ3) is 21.8. The maximum Gasteiger partial charge on any atom is 0.469 e. The van der Waals surface area contributed by atoms with Crippen LogP contribution in [0.2, 0.25) is 0 Å². The Labute approximate surface area is 127 Å². The second-order valence-corrected chi connectivity index (χ2v) is 5.83. The zero-order chi connectivity index (χ0) is 16.7. The Morgan fingerprint density at radius 2 is 1.62 bits per heavy atom. The lowest BCUT2D eigenvalue weighted by atomic mass is 10.1. The smallest absolute Gasteiger partial charge is 0.462 e. The van der Waals surface area contributed by atoms with Gasteiger partial charge in [-0.1, -0.05) is 45.6 Å². The molecule has 6 nitrogen and oxygen atoms in total. The molecule has 0 bridgehead atoms. The van der Waals surface area contributed by atoms with Gasteiger partial charge in [0.2, 0.25) is 0 Å². The highest BCUT2D eigenvalue weighted by Crippen LogP contribution is 2.34. The highest BCUT2D eigenvalue weighted by atomic mass is 31.2. The number of hydrogen-bond acceptors (Lipinski definition) is 4. The first-order valence-corrected chi connectivity index (χ1v) is 8.80. The van der Waals surface area contributed by atoms with Gasteiger partial charge in [-0.25, -0.2) is 9.36 Å². The SMILES string of the molecule is C=C(C)C(=O)OCCCCCCCC.CCOP(=O)(O)O. The summed E-state index contributed by atoms with van der Waals surface area (Å²) in [4.78, 5) is 26.8. The summed E-state index contributed by atoms with van der Waals surface area (Å²) in [6.45, 7) is 9.49. The van der Waals surface area contributed by atoms with Crippen LogP contribution in [0.15, 0.2) is 12.2 Å². The van der Waals surface area contributed by atoms with Crippen molar-refractivity contribution in [1.82, 2.24) is 0 Å². The number of ether oxygens (including phenoxy) is 1. The molecule has 0 rings (SSSR count). The van der Waals surface area contributed by atoms with E-state index in [1.165, 1.54) is 32.6 Å². The molecule has 21 heavy (non-hydrogen) atoms. The highest BCUT2D eigenvalue weighted by Gasteiger charge is 2.10.